The second-order valence-corrected chi connectivity index (χ2v) is 3.99. The molecule has 1 amide bonds. The number of carbonyl (C=O) groups is 1. The van der Waals surface area contributed by atoms with E-state index in [4.69, 9.17) is 0 Å². The number of carbonyl (C=O) groups excluding carboxylic acids is 1. The van der Waals surface area contributed by atoms with Gasteiger partial charge in [0.05, 0.1) is 0 Å². The van der Waals surface area contributed by atoms with Crippen molar-refractivity contribution in [2.75, 3.05) is 13.1 Å². The molecule has 0 radical (unpaired) electrons. The Balaban J connectivity index is 4.51. The maximum absolute atomic E-state index is 12.0. The third kappa shape index (κ3) is 4.50. The number of hydrogen-bond acceptors (Lipinski definition) is 1. The van der Waals surface area contributed by atoms with Crippen molar-refractivity contribution in [2.45, 2.75) is 53.9 Å². The van der Waals surface area contributed by atoms with E-state index in [1.54, 1.807) is 0 Å². The van der Waals surface area contributed by atoms with Crippen molar-refractivity contribution in [3.63, 3.8) is 0 Å². The van der Waals surface area contributed by atoms with Crippen LogP contribution in [0.1, 0.15) is 53.9 Å². The van der Waals surface area contributed by atoms with Crippen molar-refractivity contribution in [2.24, 2.45) is 0 Å². The maximum atomic E-state index is 12.0. The van der Waals surface area contributed by atoms with Crippen LogP contribution in [0.2, 0.25) is 0 Å². The molecule has 0 spiro atoms. The van der Waals surface area contributed by atoms with Crippen LogP contribution >= 0.6 is 0 Å². The number of rotatable bonds is 6. The predicted octanol–water partition coefficient (Wildman–Crippen LogP) is 3.38. The lowest BCUT2D eigenvalue weighted by atomic mass is 10.0. The molecule has 0 unspecified atom stereocenters. The Hall–Kier alpha value is -0.790. The summed E-state index contributed by atoms with van der Waals surface area (Å²) in [6.07, 6.45) is 3.41. The summed E-state index contributed by atoms with van der Waals surface area (Å²) >= 11 is 0. The molecule has 0 aliphatic carbocycles. The first-order valence-corrected chi connectivity index (χ1v) is 6.04. The van der Waals surface area contributed by atoms with Crippen LogP contribution in [0, 0.1) is 0 Å². The maximum Gasteiger partial charge on any atom is 0.249 e. The van der Waals surface area contributed by atoms with Crippen LogP contribution in [0.5, 0.6) is 0 Å². The zero-order valence-electron chi connectivity index (χ0n) is 10.9. The molecule has 0 aromatic carbocycles. The average molecular weight is 211 g/mol. The molecule has 0 aromatic rings. The summed E-state index contributed by atoms with van der Waals surface area (Å²) in [6, 6.07) is 0. The second kappa shape index (κ2) is 7.49. The topological polar surface area (TPSA) is 20.3 Å². The van der Waals surface area contributed by atoms with Gasteiger partial charge in [0, 0.05) is 18.7 Å². The van der Waals surface area contributed by atoms with Crippen LogP contribution in [0.25, 0.3) is 0 Å². The Bertz CT molecular complexity index is 227. The molecule has 0 saturated heterocycles. The standard InChI is InChI=1S/C13H25NO/c1-6-9-10-11(4)12(5)13(15)14(7-2)8-3/h6-10H2,1-5H3/b12-11+. The molecule has 0 atom stereocenters. The Morgan fingerprint density at radius 3 is 2.00 bits per heavy atom. The summed E-state index contributed by atoms with van der Waals surface area (Å²) in [5, 5.41) is 0. The van der Waals surface area contributed by atoms with E-state index in [-0.39, 0.29) is 5.91 Å². The summed E-state index contributed by atoms with van der Waals surface area (Å²) in [5.74, 6) is 0.202. The lowest BCUT2D eigenvalue weighted by Crippen LogP contribution is -2.31. The highest BCUT2D eigenvalue weighted by Crippen LogP contribution is 2.13. The molecule has 0 rings (SSSR count). The first-order chi connectivity index (χ1) is 7.08. The highest BCUT2D eigenvalue weighted by molar-refractivity contribution is 5.93. The molecule has 15 heavy (non-hydrogen) atoms. The van der Waals surface area contributed by atoms with Crippen LogP contribution in [-0.4, -0.2) is 23.9 Å². The summed E-state index contributed by atoms with van der Waals surface area (Å²) in [4.78, 5) is 13.9. The summed E-state index contributed by atoms with van der Waals surface area (Å²) in [7, 11) is 0. The minimum absolute atomic E-state index is 0.202. The van der Waals surface area contributed by atoms with Gasteiger partial charge in [-0.05, 0) is 40.5 Å². The van der Waals surface area contributed by atoms with Gasteiger partial charge in [-0.25, -0.2) is 0 Å². The first kappa shape index (κ1) is 14.2. The monoisotopic (exact) mass is 211 g/mol. The molecule has 0 N–H and O–H groups in total. The highest BCUT2D eigenvalue weighted by Gasteiger charge is 2.13. The fourth-order valence-corrected chi connectivity index (χ4v) is 1.56. The Kier molecular flexibility index (Phi) is 7.10. The summed E-state index contributed by atoms with van der Waals surface area (Å²) in [5.41, 5.74) is 2.18. The van der Waals surface area contributed by atoms with E-state index in [0.717, 1.165) is 25.1 Å². The van der Waals surface area contributed by atoms with Gasteiger partial charge in [-0.15, -0.1) is 0 Å². The molecule has 0 fully saturated rings. The van der Waals surface area contributed by atoms with E-state index in [2.05, 4.69) is 13.8 Å². The van der Waals surface area contributed by atoms with Crippen molar-refractivity contribution >= 4 is 5.91 Å². The van der Waals surface area contributed by atoms with Gasteiger partial charge < -0.3 is 4.90 Å². The van der Waals surface area contributed by atoms with Crippen LogP contribution < -0.4 is 0 Å². The number of amides is 1. The van der Waals surface area contributed by atoms with E-state index in [1.165, 1.54) is 18.4 Å². The zero-order valence-corrected chi connectivity index (χ0v) is 10.9. The van der Waals surface area contributed by atoms with E-state index in [0.29, 0.717) is 0 Å². The molecule has 0 aliphatic heterocycles. The minimum atomic E-state index is 0.202. The fourth-order valence-electron chi connectivity index (χ4n) is 1.56. The van der Waals surface area contributed by atoms with Crippen LogP contribution in [-0.2, 0) is 4.79 Å². The fraction of sp³-hybridized carbons (Fsp3) is 0.769. The largest absolute Gasteiger partial charge is 0.339 e. The normalized spacial score (nSPS) is 12.3. The van der Waals surface area contributed by atoms with Crippen molar-refractivity contribution in [3.8, 4) is 0 Å². The van der Waals surface area contributed by atoms with Crippen molar-refractivity contribution in [1.82, 2.24) is 4.90 Å². The van der Waals surface area contributed by atoms with E-state index >= 15 is 0 Å². The number of nitrogens with zero attached hydrogens (tertiary/aromatic N) is 1. The molecular formula is C13H25NO. The van der Waals surface area contributed by atoms with Gasteiger partial charge >= 0.3 is 0 Å². The van der Waals surface area contributed by atoms with E-state index in [1.807, 2.05) is 25.7 Å². The SMILES string of the molecule is CCCC/C(C)=C(\C)C(=O)N(CC)CC. The van der Waals surface area contributed by atoms with Gasteiger partial charge in [-0.3, -0.25) is 4.79 Å². The number of likely N-dealkylation sites (N-methyl/N-ethyl adjacent to an activating group) is 1. The third-order valence-corrected chi connectivity index (χ3v) is 2.92. The van der Waals surface area contributed by atoms with Crippen LogP contribution in [0.3, 0.4) is 0 Å². The Morgan fingerprint density at radius 1 is 1.07 bits per heavy atom. The lowest BCUT2D eigenvalue weighted by molar-refractivity contribution is -0.126. The predicted molar refractivity (Wildman–Crippen MR) is 65.8 cm³/mol. The quantitative estimate of drug-likeness (QED) is 0.617. The average Bonchev–Trinajstić information content (AvgIpc) is 2.26. The molecule has 0 aliphatic rings. The molecule has 0 bridgehead atoms. The first-order valence-electron chi connectivity index (χ1n) is 6.04. The molecule has 0 heterocycles. The minimum Gasteiger partial charge on any atom is -0.339 e. The number of unbranched alkanes of at least 4 members (excludes halogenated alkanes) is 1. The molecule has 0 saturated carbocycles. The van der Waals surface area contributed by atoms with Crippen LogP contribution in [0.4, 0.5) is 0 Å². The van der Waals surface area contributed by atoms with Gasteiger partial charge in [-0.1, -0.05) is 18.9 Å². The van der Waals surface area contributed by atoms with Gasteiger partial charge in [0.1, 0.15) is 0 Å². The van der Waals surface area contributed by atoms with Gasteiger partial charge in [0.15, 0.2) is 0 Å². The molecule has 0 aromatic heterocycles. The Labute approximate surface area is 94.4 Å². The highest BCUT2D eigenvalue weighted by atomic mass is 16.2. The van der Waals surface area contributed by atoms with Crippen molar-refractivity contribution < 1.29 is 4.79 Å². The smallest absolute Gasteiger partial charge is 0.249 e. The Morgan fingerprint density at radius 2 is 1.60 bits per heavy atom. The van der Waals surface area contributed by atoms with Gasteiger partial charge in [0.2, 0.25) is 5.91 Å². The number of hydrogen-bond donors (Lipinski definition) is 0. The van der Waals surface area contributed by atoms with Crippen LogP contribution in [0.15, 0.2) is 11.1 Å². The summed E-state index contributed by atoms with van der Waals surface area (Å²) < 4.78 is 0. The van der Waals surface area contributed by atoms with Crippen molar-refractivity contribution in [1.29, 1.82) is 0 Å². The molecular weight excluding hydrogens is 186 g/mol. The molecule has 2 nitrogen and oxygen atoms in total. The van der Waals surface area contributed by atoms with Gasteiger partial charge in [-0.2, -0.15) is 0 Å². The van der Waals surface area contributed by atoms with E-state index < -0.39 is 0 Å². The molecule has 88 valence electrons. The van der Waals surface area contributed by atoms with Gasteiger partial charge in [0.25, 0.3) is 0 Å². The van der Waals surface area contributed by atoms with Crippen molar-refractivity contribution in [3.05, 3.63) is 11.1 Å². The number of allylic oxidation sites excluding steroid dienone is 1. The second-order valence-electron chi connectivity index (χ2n) is 3.99. The summed E-state index contributed by atoms with van der Waals surface area (Å²) in [6.45, 7) is 11.8. The van der Waals surface area contributed by atoms with E-state index in [9.17, 15) is 4.79 Å². The third-order valence-electron chi connectivity index (χ3n) is 2.92. The lowest BCUT2D eigenvalue weighted by Gasteiger charge is -2.20. The zero-order chi connectivity index (χ0) is 11.8. The molecule has 2 heteroatoms.